The number of rotatable bonds is 2. The molecule has 1 aliphatic rings. The van der Waals surface area contributed by atoms with Crippen molar-refractivity contribution in [3.05, 3.63) is 23.8 Å². The first-order chi connectivity index (χ1) is 5.05. The molecule has 0 aromatic carbocycles. The molecule has 0 spiro atoms. The van der Waals surface area contributed by atoms with E-state index in [1.165, 1.54) is 6.92 Å². The molecule has 3 nitrogen and oxygen atoms in total. The number of hydrogen-bond acceptors (Lipinski definition) is 2. The predicted molar refractivity (Wildman–Crippen MR) is 40.1 cm³/mol. The molecule has 0 bridgehead atoms. The van der Waals surface area contributed by atoms with Crippen molar-refractivity contribution < 1.29 is 15.0 Å². The Balaban J connectivity index is 2.81. The second-order valence-electron chi connectivity index (χ2n) is 2.70. The van der Waals surface area contributed by atoms with Crippen LogP contribution in [0, 0.1) is 0 Å². The van der Waals surface area contributed by atoms with Gasteiger partial charge in [-0.15, -0.1) is 0 Å². The molecule has 1 atom stereocenters. The zero-order valence-electron chi connectivity index (χ0n) is 6.24. The second kappa shape index (κ2) is 2.51. The third-order valence-electron chi connectivity index (χ3n) is 1.81. The molecule has 0 saturated carbocycles. The van der Waals surface area contributed by atoms with E-state index >= 15 is 0 Å². The van der Waals surface area contributed by atoms with Gasteiger partial charge in [0, 0.05) is 0 Å². The molecule has 1 unspecified atom stereocenters. The van der Waals surface area contributed by atoms with Gasteiger partial charge in [0.05, 0.1) is 0 Å². The van der Waals surface area contributed by atoms with Crippen LogP contribution in [0.3, 0.4) is 0 Å². The van der Waals surface area contributed by atoms with Crippen LogP contribution in [0.4, 0.5) is 0 Å². The van der Waals surface area contributed by atoms with Crippen molar-refractivity contribution in [2.75, 3.05) is 0 Å². The van der Waals surface area contributed by atoms with Crippen molar-refractivity contribution >= 4 is 5.97 Å². The van der Waals surface area contributed by atoms with Gasteiger partial charge in [-0.05, 0) is 18.9 Å². The van der Waals surface area contributed by atoms with E-state index in [-0.39, 0.29) is 0 Å². The lowest BCUT2D eigenvalue weighted by atomic mass is 9.95. The van der Waals surface area contributed by atoms with Crippen molar-refractivity contribution in [2.24, 2.45) is 0 Å². The maximum atomic E-state index is 10.5. The highest BCUT2D eigenvalue weighted by Crippen LogP contribution is 2.23. The Bertz CT molecular complexity index is 236. The van der Waals surface area contributed by atoms with Gasteiger partial charge in [0.15, 0.2) is 5.60 Å². The lowest BCUT2D eigenvalue weighted by molar-refractivity contribution is -0.152. The highest BCUT2D eigenvalue weighted by Gasteiger charge is 2.34. The maximum Gasteiger partial charge on any atom is 0.339 e. The van der Waals surface area contributed by atoms with E-state index in [0.29, 0.717) is 12.0 Å². The average Bonchev–Trinajstić information content (AvgIpc) is 2.37. The average molecular weight is 154 g/mol. The summed E-state index contributed by atoms with van der Waals surface area (Å²) in [4.78, 5) is 10.5. The number of carboxylic acid groups (broad SMARTS) is 1. The summed E-state index contributed by atoms with van der Waals surface area (Å²) in [5.41, 5.74) is -1.17. The van der Waals surface area contributed by atoms with Gasteiger partial charge in [-0.25, -0.2) is 4.79 Å². The quantitative estimate of drug-likeness (QED) is 0.615. The fourth-order valence-electron chi connectivity index (χ4n) is 0.946. The molecule has 0 heterocycles. The molecule has 0 amide bonds. The largest absolute Gasteiger partial charge is 0.479 e. The summed E-state index contributed by atoms with van der Waals surface area (Å²) in [5.74, 6) is -1.20. The molecule has 60 valence electrons. The summed E-state index contributed by atoms with van der Waals surface area (Å²) in [7, 11) is 0. The van der Waals surface area contributed by atoms with Gasteiger partial charge < -0.3 is 10.2 Å². The van der Waals surface area contributed by atoms with Gasteiger partial charge >= 0.3 is 5.97 Å². The summed E-state index contributed by atoms with van der Waals surface area (Å²) >= 11 is 0. The highest BCUT2D eigenvalue weighted by atomic mass is 16.4. The van der Waals surface area contributed by atoms with Crippen molar-refractivity contribution in [1.29, 1.82) is 0 Å². The van der Waals surface area contributed by atoms with E-state index in [1.54, 1.807) is 12.2 Å². The molecule has 0 fully saturated rings. The molecule has 11 heavy (non-hydrogen) atoms. The van der Waals surface area contributed by atoms with Gasteiger partial charge in [0.2, 0.25) is 0 Å². The smallest absolute Gasteiger partial charge is 0.339 e. The molecule has 1 aliphatic carbocycles. The zero-order valence-corrected chi connectivity index (χ0v) is 6.24. The molecule has 1 rings (SSSR count). The fraction of sp³-hybridized carbons (Fsp3) is 0.375. The summed E-state index contributed by atoms with van der Waals surface area (Å²) < 4.78 is 0. The molecule has 0 aliphatic heterocycles. The van der Waals surface area contributed by atoms with E-state index in [4.69, 9.17) is 5.11 Å². The van der Waals surface area contributed by atoms with Gasteiger partial charge in [0.1, 0.15) is 0 Å². The Morgan fingerprint density at radius 1 is 1.73 bits per heavy atom. The van der Waals surface area contributed by atoms with Crippen molar-refractivity contribution in [3.63, 3.8) is 0 Å². The first kappa shape index (κ1) is 8.01. The van der Waals surface area contributed by atoms with Crippen LogP contribution in [0.15, 0.2) is 23.8 Å². The van der Waals surface area contributed by atoms with Crippen LogP contribution in [-0.4, -0.2) is 21.8 Å². The zero-order chi connectivity index (χ0) is 8.48. The molecular formula is C8H10O3. The fourth-order valence-corrected chi connectivity index (χ4v) is 0.946. The molecule has 0 radical (unpaired) electrons. The van der Waals surface area contributed by atoms with Gasteiger partial charge in [-0.3, -0.25) is 0 Å². The van der Waals surface area contributed by atoms with Gasteiger partial charge in [0.25, 0.3) is 0 Å². The number of aliphatic hydroxyl groups is 1. The first-order valence-corrected chi connectivity index (χ1v) is 3.37. The van der Waals surface area contributed by atoms with Crippen molar-refractivity contribution in [1.82, 2.24) is 0 Å². The van der Waals surface area contributed by atoms with Crippen LogP contribution in [-0.2, 0) is 4.79 Å². The highest BCUT2D eigenvalue weighted by molar-refractivity contribution is 5.81. The van der Waals surface area contributed by atoms with E-state index in [1.807, 2.05) is 6.08 Å². The van der Waals surface area contributed by atoms with Crippen LogP contribution in [0.5, 0.6) is 0 Å². The first-order valence-electron chi connectivity index (χ1n) is 3.37. The van der Waals surface area contributed by atoms with E-state index in [9.17, 15) is 9.90 Å². The van der Waals surface area contributed by atoms with Gasteiger partial charge in [-0.1, -0.05) is 18.2 Å². The Labute approximate surface area is 64.7 Å². The third kappa shape index (κ3) is 1.33. The summed E-state index contributed by atoms with van der Waals surface area (Å²) in [6.45, 7) is 1.29. The number of carboxylic acids is 1. The monoisotopic (exact) mass is 154 g/mol. The summed E-state index contributed by atoms with van der Waals surface area (Å²) in [6, 6.07) is 0. The number of allylic oxidation sites excluding steroid dienone is 3. The van der Waals surface area contributed by atoms with Crippen LogP contribution in [0.1, 0.15) is 13.3 Å². The topological polar surface area (TPSA) is 57.5 Å². The Morgan fingerprint density at radius 3 is 2.73 bits per heavy atom. The molecule has 0 saturated heterocycles. The van der Waals surface area contributed by atoms with E-state index in [0.717, 1.165) is 0 Å². The number of hydrogen-bond donors (Lipinski definition) is 2. The van der Waals surface area contributed by atoms with Crippen LogP contribution in [0.25, 0.3) is 0 Å². The van der Waals surface area contributed by atoms with Crippen LogP contribution < -0.4 is 0 Å². The second-order valence-corrected chi connectivity index (χ2v) is 2.70. The minimum Gasteiger partial charge on any atom is -0.479 e. The molecule has 0 aromatic rings. The predicted octanol–water partition coefficient (Wildman–Crippen LogP) is 0.708. The lowest BCUT2D eigenvalue weighted by Gasteiger charge is -2.18. The minimum atomic E-state index is -1.70. The van der Waals surface area contributed by atoms with Crippen molar-refractivity contribution in [2.45, 2.75) is 18.9 Å². The van der Waals surface area contributed by atoms with Gasteiger partial charge in [-0.2, -0.15) is 0 Å². The van der Waals surface area contributed by atoms with Crippen molar-refractivity contribution in [3.8, 4) is 0 Å². The maximum absolute atomic E-state index is 10.5. The molecular weight excluding hydrogens is 144 g/mol. The molecule has 0 aromatic heterocycles. The Morgan fingerprint density at radius 2 is 2.36 bits per heavy atom. The SMILES string of the molecule is CC(O)(C(=O)O)C1=CC=CC1. The third-order valence-corrected chi connectivity index (χ3v) is 1.81. The number of aliphatic carboxylic acids is 1. The standard InChI is InChI=1S/C8H10O3/c1-8(11,7(9)10)6-4-2-3-5-6/h2-4,11H,5H2,1H3,(H,9,10). The molecule has 2 N–H and O–H groups in total. The molecule has 3 heteroatoms. The Kier molecular flexibility index (Phi) is 1.83. The normalized spacial score (nSPS) is 21.1. The summed E-state index contributed by atoms with van der Waals surface area (Å²) in [5, 5.41) is 18.0. The minimum absolute atomic E-state index is 0.527. The van der Waals surface area contributed by atoms with E-state index < -0.39 is 11.6 Å². The summed E-state index contributed by atoms with van der Waals surface area (Å²) in [6.07, 6.45) is 5.72. The van der Waals surface area contributed by atoms with E-state index in [2.05, 4.69) is 0 Å². The van der Waals surface area contributed by atoms with Crippen LogP contribution >= 0.6 is 0 Å². The number of carbonyl (C=O) groups is 1. The van der Waals surface area contributed by atoms with Crippen LogP contribution in [0.2, 0.25) is 0 Å². The Hall–Kier alpha value is -1.09. The lowest BCUT2D eigenvalue weighted by Crippen LogP contribution is -2.36.